The monoisotopic (exact) mass is 352 g/mol. The molecule has 1 aliphatic heterocycles. The van der Waals surface area contributed by atoms with E-state index in [1.165, 1.54) is 5.56 Å². The summed E-state index contributed by atoms with van der Waals surface area (Å²) >= 11 is 0. The summed E-state index contributed by atoms with van der Waals surface area (Å²) in [5.41, 5.74) is 4.70. The van der Waals surface area contributed by atoms with Crippen molar-refractivity contribution in [1.29, 1.82) is 5.26 Å². The molecule has 0 fully saturated rings. The lowest BCUT2D eigenvalue weighted by atomic mass is 9.99. The molecule has 27 heavy (non-hydrogen) atoms. The summed E-state index contributed by atoms with van der Waals surface area (Å²) in [7, 11) is 0. The van der Waals surface area contributed by atoms with Gasteiger partial charge in [-0.2, -0.15) is 5.26 Å². The topological polar surface area (TPSA) is 74.5 Å². The maximum absolute atomic E-state index is 13.0. The Morgan fingerprint density at radius 1 is 1.22 bits per heavy atom. The first-order chi connectivity index (χ1) is 13.2. The van der Waals surface area contributed by atoms with Gasteiger partial charge in [-0.3, -0.25) is 4.79 Å². The average molecular weight is 352 g/mol. The molecule has 1 aliphatic rings. The van der Waals surface area contributed by atoms with E-state index in [4.69, 9.17) is 0 Å². The average Bonchev–Trinajstić information content (AvgIpc) is 3.13. The zero-order chi connectivity index (χ0) is 18.4. The number of aromatic amines is 1. The molecule has 0 saturated heterocycles. The summed E-state index contributed by atoms with van der Waals surface area (Å²) in [6.45, 7) is 0.709. The highest BCUT2D eigenvalue weighted by Crippen LogP contribution is 2.25. The number of H-pyrrole nitrogens is 1. The van der Waals surface area contributed by atoms with Gasteiger partial charge in [0, 0.05) is 12.1 Å². The Labute approximate surface area is 155 Å². The zero-order valence-corrected chi connectivity index (χ0v) is 14.6. The normalized spacial score (nSPS) is 13.8. The molecule has 3 heterocycles. The van der Waals surface area contributed by atoms with Crippen LogP contribution in [0.3, 0.4) is 0 Å². The number of allylic oxidation sites excluding steroid dienone is 1. The molecule has 0 amide bonds. The molecule has 2 aromatic carbocycles. The van der Waals surface area contributed by atoms with Gasteiger partial charge in [-0.25, -0.2) is 4.98 Å². The van der Waals surface area contributed by atoms with E-state index < -0.39 is 0 Å². The van der Waals surface area contributed by atoms with Gasteiger partial charge in [-0.15, -0.1) is 0 Å². The lowest BCUT2D eigenvalue weighted by molar-refractivity contribution is 0.615. The van der Waals surface area contributed by atoms with Crippen LogP contribution in [0.4, 0.5) is 0 Å². The maximum Gasteiger partial charge on any atom is 0.258 e. The fourth-order valence-electron chi connectivity index (χ4n) is 3.88. The lowest BCUT2D eigenvalue weighted by Gasteiger charge is -2.19. The minimum absolute atomic E-state index is 0.0569. The van der Waals surface area contributed by atoms with Crippen LogP contribution in [0.25, 0.3) is 33.6 Å². The minimum Gasteiger partial charge on any atom is -0.337 e. The van der Waals surface area contributed by atoms with Crippen molar-refractivity contribution in [2.45, 2.75) is 19.4 Å². The Hall–Kier alpha value is -3.65. The van der Waals surface area contributed by atoms with E-state index in [1.54, 1.807) is 6.08 Å². The summed E-state index contributed by atoms with van der Waals surface area (Å²) in [6, 6.07) is 17.8. The Balaban J connectivity index is 1.72. The van der Waals surface area contributed by atoms with E-state index in [-0.39, 0.29) is 5.56 Å². The van der Waals surface area contributed by atoms with Crippen LogP contribution < -0.4 is 5.56 Å². The Morgan fingerprint density at radius 3 is 2.96 bits per heavy atom. The molecule has 0 bridgehead atoms. The molecule has 0 saturated carbocycles. The number of rotatable bonds is 2. The maximum atomic E-state index is 13.0. The second-order valence-corrected chi connectivity index (χ2v) is 6.79. The van der Waals surface area contributed by atoms with Crippen LogP contribution in [-0.4, -0.2) is 14.5 Å². The van der Waals surface area contributed by atoms with Gasteiger partial charge in [0.2, 0.25) is 0 Å². The third-order valence-corrected chi connectivity index (χ3v) is 5.12. The standard InChI is InChI=1S/C22H16N4O/c23-13-17(21-24-18-8-1-2-9-19(18)25-21)12-16-11-15-6-3-5-14-7-4-10-26(20(14)15)22(16)27/h1-3,5-6,8-9,11-12H,4,7,10H2,(H,24,25)/b17-12+. The Kier molecular flexibility index (Phi) is 3.44. The van der Waals surface area contributed by atoms with Crippen molar-refractivity contribution in [2.24, 2.45) is 0 Å². The summed E-state index contributed by atoms with van der Waals surface area (Å²) < 4.78 is 1.84. The molecular weight excluding hydrogens is 336 g/mol. The largest absolute Gasteiger partial charge is 0.337 e. The van der Waals surface area contributed by atoms with Crippen molar-refractivity contribution < 1.29 is 0 Å². The lowest BCUT2D eigenvalue weighted by Crippen LogP contribution is -2.26. The van der Waals surface area contributed by atoms with E-state index in [2.05, 4.69) is 22.1 Å². The van der Waals surface area contributed by atoms with Gasteiger partial charge in [0.1, 0.15) is 11.9 Å². The van der Waals surface area contributed by atoms with Crippen LogP contribution in [0.2, 0.25) is 0 Å². The Morgan fingerprint density at radius 2 is 2.11 bits per heavy atom. The number of nitrogens with one attached hydrogen (secondary N) is 1. The van der Waals surface area contributed by atoms with Crippen molar-refractivity contribution in [3.63, 3.8) is 0 Å². The molecular formula is C22H16N4O. The zero-order valence-electron chi connectivity index (χ0n) is 14.6. The molecule has 4 aromatic rings. The quantitative estimate of drug-likeness (QED) is 0.556. The third-order valence-electron chi connectivity index (χ3n) is 5.12. The molecule has 1 N–H and O–H groups in total. The van der Waals surface area contributed by atoms with E-state index in [0.717, 1.165) is 34.8 Å². The van der Waals surface area contributed by atoms with Crippen LogP contribution >= 0.6 is 0 Å². The Bertz CT molecular complexity index is 1300. The van der Waals surface area contributed by atoms with Gasteiger partial charge < -0.3 is 9.55 Å². The van der Waals surface area contributed by atoms with Crippen LogP contribution in [0.1, 0.15) is 23.4 Å². The third kappa shape index (κ3) is 2.46. The summed E-state index contributed by atoms with van der Waals surface area (Å²) in [4.78, 5) is 20.7. The highest BCUT2D eigenvalue weighted by molar-refractivity contribution is 5.92. The number of para-hydroxylation sites is 3. The number of imidazole rings is 1. The van der Waals surface area contributed by atoms with Gasteiger partial charge >= 0.3 is 0 Å². The van der Waals surface area contributed by atoms with Gasteiger partial charge in [0.15, 0.2) is 0 Å². The molecule has 0 unspecified atom stereocenters. The van der Waals surface area contributed by atoms with Gasteiger partial charge in [0.25, 0.3) is 5.56 Å². The fourth-order valence-corrected chi connectivity index (χ4v) is 3.88. The molecule has 0 aliphatic carbocycles. The number of aromatic nitrogens is 3. The fraction of sp³-hybridized carbons (Fsp3) is 0.136. The number of aryl methyl sites for hydroxylation is 2. The molecule has 0 atom stereocenters. The number of pyridine rings is 1. The predicted molar refractivity (Wildman–Crippen MR) is 106 cm³/mol. The van der Waals surface area contributed by atoms with E-state index in [1.807, 2.05) is 47.0 Å². The van der Waals surface area contributed by atoms with Crippen molar-refractivity contribution >= 4 is 33.6 Å². The first-order valence-corrected chi connectivity index (χ1v) is 8.97. The summed E-state index contributed by atoms with van der Waals surface area (Å²) in [5, 5.41) is 10.7. The van der Waals surface area contributed by atoms with Gasteiger partial charge in [-0.05, 0) is 48.1 Å². The van der Waals surface area contributed by atoms with E-state index in [0.29, 0.717) is 23.5 Å². The molecule has 2 aromatic heterocycles. The second kappa shape index (κ2) is 5.96. The molecule has 5 nitrogen and oxygen atoms in total. The smallest absolute Gasteiger partial charge is 0.258 e. The summed E-state index contributed by atoms with van der Waals surface area (Å²) in [6.07, 6.45) is 3.59. The highest BCUT2D eigenvalue weighted by Gasteiger charge is 2.16. The van der Waals surface area contributed by atoms with Crippen molar-refractivity contribution in [3.05, 3.63) is 75.8 Å². The molecule has 0 radical (unpaired) electrons. The van der Waals surface area contributed by atoms with Crippen LogP contribution in [0.5, 0.6) is 0 Å². The van der Waals surface area contributed by atoms with E-state index in [9.17, 15) is 10.1 Å². The molecule has 5 heteroatoms. The molecule has 130 valence electrons. The van der Waals surface area contributed by atoms with Crippen LogP contribution in [0.15, 0.2) is 53.3 Å². The first kappa shape index (κ1) is 15.6. The number of benzene rings is 2. The van der Waals surface area contributed by atoms with Crippen molar-refractivity contribution in [2.75, 3.05) is 0 Å². The van der Waals surface area contributed by atoms with Gasteiger partial charge in [0.05, 0.1) is 22.1 Å². The molecule has 0 spiro atoms. The van der Waals surface area contributed by atoms with E-state index >= 15 is 0 Å². The number of fused-ring (bicyclic) bond motifs is 1. The number of nitrogens with zero attached hydrogens (tertiary/aromatic N) is 3. The predicted octanol–water partition coefficient (Wildman–Crippen LogP) is 3.89. The van der Waals surface area contributed by atoms with Gasteiger partial charge in [-0.1, -0.05) is 30.3 Å². The first-order valence-electron chi connectivity index (χ1n) is 8.97. The number of hydrogen-bond donors (Lipinski definition) is 1. The summed E-state index contributed by atoms with van der Waals surface area (Å²) in [5.74, 6) is 0.477. The van der Waals surface area contributed by atoms with Crippen molar-refractivity contribution in [3.8, 4) is 6.07 Å². The van der Waals surface area contributed by atoms with Crippen LogP contribution in [-0.2, 0) is 13.0 Å². The van der Waals surface area contributed by atoms with Crippen molar-refractivity contribution in [1.82, 2.24) is 14.5 Å². The number of nitriles is 1. The van der Waals surface area contributed by atoms with Crippen LogP contribution in [0, 0.1) is 11.3 Å². The highest BCUT2D eigenvalue weighted by atomic mass is 16.1. The number of hydrogen-bond acceptors (Lipinski definition) is 3. The minimum atomic E-state index is -0.0569. The molecule has 5 rings (SSSR count). The SMILES string of the molecule is N#C/C(=C\c1cc2cccc3c2n(c1=O)CCC3)c1nc2ccccc2[nH]1. The second-order valence-electron chi connectivity index (χ2n) is 6.79.